The molecule has 0 spiro atoms. The first kappa shape index (κ1) is 23.6. The summed E-state index contributed by atoms with van der Waals surface area (Å²) in [4.78, 5) is 12.5. The van der Waals surface area contributed by atoms with Crippen LogP contribution < -0.4 is 5.32 Å². The van der Waals surface area contributed by atoms with Gasteiger partial charge in [0.1, 0.15) is 17.1 Å². The van der Waals surface area contributed by atoms with E-state index in [1.165, 1.54) is 0 Å². The number of hydrogen-bond donors (Lipinski definition) is 1. The number of ether oxygens (including phenoxy) is 2. The molecule has 1 aromatic heterocycles. The third kappa shape index (κ3) is 8.40. The first-order valence-electron chi connectivity index (χ1n) is 8.81. The molecule has 0 saturated carbocycles. The molecule has 0 unspecified atom stereocenters. The van der Waals surface area contributed by atoms with Gasteiger partial charge < -0.3 is 19.3 Å². The average Bonchev–Trinajstić information content (AvgIpc) is 3.00. The molecule has 0 amide bonds. The van der Waals surface area contributed by atoms with Crippen LogP contribution in [0.2, 0.25) is 0 Å². The number of halogens is 3. The molecule has 0 fully saturated rings. The summed E-state index contributed by atoms with van der Waals surface area (Å²) >= 11 is 0. The Morgan fingerprint density at radius 1 is 1.22 bits per heavy atom. The molecule has 0 saturated heterocycles. The second kappa shape index (κ2) is 9.66. The van der Waals surface area contributed by atoms with Crippen molar-refractivity contribution >= 4 is 5.78 Å². The van der Waals surface area contributed by atoms with Crippen LogP contribution in [0, 0.1) is 0 Å². The van der Waals surface area contributed by atoms with Gasteiger partial charge in [-0.15, -0.1) is 0 Å². The highest BCUT2D eigenvalue weighted by Gasteiger charge is 2.31. The van der Waals surface area contributed by atoms with Gasteiger partial charge in [0.2, 0.25) is 0 Å². The first-order valence-corrected chi connectivity index (χ1v) is 8.81. The fourth-order valence-electron chi connectivity index (χ4n) is 2.30. The van der Waals surface area contributed by atoms with Gasteiger partial charge in [-0.2, -0.15) is 13.2 Å². The van der Waals surface area contributed by atoms with Crippen molar-refractivity contribution in [1.29, 1.82) is 0 Å². The van der Waals surface area contributed by atoms with Crippen molar-refractivity contribution < 1.29 is 32.0 Å². The van der Waals surface area contributed by atoms with Crippen LogP contribution in [0.25, 0.3) is 0 Å². The Bertz CT molecular complexity index is 598. The molecule has 1 N–H and O–H groups in total. The van der Waals surface area contributed by atoms with Gasteiger partial charge in [0.25, 0.3) is 0 Å². The summed E-state index contributed by atoms with van der Waals surface area (Å²) in [5.41, 5.74) is -1.12. The maximum absolute atomic E-state index is 12.5. The van der Waals surface area contributed by atoms with Crippen molar-refractivity contribution in [3.8, 4) is 0 Å². The van der Waals surface area contributed by atoms with E-state index in [1.807, 2.05) is 13.8 Å². The number of methoxy groups -OCH3 is 1. The highest BCUT2D eigenvalue weighted by molar-refractivity contribution is 5.89. The first-order chi connectivity index (χ1) is 12.4. The summed E-state index contributed by atoms with van der Waals surface area (Å²) in [6.45, 7) is 7.87. The smallest absolute Gasteiger partial charge is 0.382 e. The number of Topliss-reactive ketones (excluding diaryl/α,β-unsaturated/α-hetero) is 1. The quantitative estimate of drug-likeness (QED) is 0.548. The lowest BCUT2D eigenvalue weighted by Crippen LogP contribution is -2.48. The average molecular weight is 394 g/mol. The van der Waals surface area contributed by atoms with E-state index in [4.69, 9.17) is 14.0 Å². The molecule has 0 aliphatic heterocycles. The minimum Gasteiger partial charge on any atom is -0.382 e. The van der Waals surface area contributed by atoms with E-state index >= 15 is 0 Å². The summed E-state index contributed by atoms with van der Waals surface area (Å²) in [6, 6.07) is 1.66. The van der Waals surface area contributed by atoms with E-state index in [-0.39, 0.29) is 25.2 Å². The summed E-state index contributed by atoms with van der Waals surface area (Å²) in [5.74, 6) is 0.180. The fraction of sp³-hybridized carbons (Fsp3) is 0.778. The van der Waals surface area contributed by atoms with Gasteiger partial charge in [-0.25, -0.2) is 0 Å². The number of hydrogen-bond acceptors (Lipinski definition) is 6. The van der Waals surface area contributed by atoms with Crippen LogP contribution in [0.4, 0.5) is 13.2 Å². The van der Waals surface area contributed by atoms with Crippen LogP contribution in [-0.4, -0.2) is 49.5 Å². The number of ketones is 1. The number of nitrogens with one attached hydrogen (secondary N) is 1. The van der Waals surface area contributed by atoms with Crippen LogP contribution in [0.5, 0.6) is 0 Å². The number of alkyl halides is 3. The molecule has 27 heavy (non-hydrogen) atoms. The second-order valence-corrected chi connectivity index (χ2v) is 7.40. The summed E-state index contributed by atoms with van der Waals surface area (Å²) in [7, 11) is 1.58. The Kier molecular flexibility index (Phi) is 8.44. The highest BCUT2D eigenvalue weighted by atomic mass is 19.4. The molecule has 0 aliphatic rings. The Morgan fingerprint density at radius 2 is 1.89 bits per heavy atom. The zero-order chi connectivity index (χ0) is 20.7. The summed E-state index contributed by atoms with van der Waals surface area (Å²) < 4.78 is 52.4. The van der Waals surface area contributed by atoms with Gasteiger partial charge in [0.05, 0.1) is 25.2 Å². The predicted molar refractivity (Wildman–Crippen MR) is 93.4 cm³/mol. The normalized spacial score (nSPS) is 13.2. The van der Waals surface area contributed by atoms with Crippen molar-refractivity contribution in [2.75, 3.05) is 26.9 Å². The monoisotopic (exact) mass is 394 g/mol. The maximum Gasteiger partial charge on any atom is 0.389 e. The Balaban J connectivity index is 2.57. The largest absolute Gasteiger partial charge is 0.389 e. The number of carbonyl (C=O) groups is 1. The maximum atomic E-state index is 12.5. The zero-order valence-corrected chi connectivity index (χ0v) is 16.5. The minimum absolute atomic E-state index is 0.0135. The SMILES string of the molecule is COCCOC(C)(C)c1cc(CC(=O)C(C)(C)NCCCC(F)(F)F)on1. The lowest BCUT2D eigenvalue weighted by atomic mass is 9.95. The van der Waals surface area contributed by atoms with Gasteiger partial charge in [0.15, 0.2) is 5.78 Å². The van der Waals surface area contributed by atoms with Gasteiger partial charge in [-0.3, -0.25) is 4.79 Å². The molecule has 156 valence electrons. The van der Waals surface area contributed by atoms with Crippen LogP contribution in [0.1, 0.15) is 52.0 Å². The summed E-state index contributed by atoms with van der Waals surface area (Å²) in [6.07, 6.45) is -5.17. The van der Waals surface area contributed by atoms with Gasteiger partial charge >= 0.3 is 6.18 Å². The van der Waals surface area contributed by atoms with E-state index < -0.39 is 23.7 Å². The van der Waals surface area contributed by atoms with E-state index in [1.54, 1.807) is 27.0 Å². The van der Waals surface area contributed by atoms with E-state index in [0.29, 0.717) is 24.7 Å². The molecule has 1 aromatic rings. The number of carbonyl (C=O) groups excluding carboxylic acids is 1. The van der Waals surface area contributed by atoms with Crippen molar-refractivity contribution in [1.82, 2.24) is 10.5 Å². The molecule has 0 aromatic carbocycles. The molecule has 0 aliphatic carbocycles. The van der Waals surface area contributed by atoms with Crippen LogP contribution >= 0.6 is 0 Å². The van der Waals surface area contributed by atoms with E-state index in [2.05, 4.69) is 10.5 Å². The molecular formula is C18H29F3N2O4. The van der Waals surface area contributed by atoms with Crippen molar-refractivity contribution in [3.63, 3.8) is 0 Å². The summed E-state index contributed by atoms with van der Waals surface area (Å²) in [5, 5.41) is 6.84. The molecule has 1 heterocycles. The molecule has 9 heteroatoms. The lowest BCUT2D eigenvalue weighted by Gasteiger charge is -2.24. The van der Waals surface area contributed by atoms with Crippen LogP contribution in [0.15, 0.2) is 10.6 Å². The lowest BCUT2D eigenvalue weighted by molar-refractivity contribution is -0.135. The molecule has 0 bridgehead atoms. The van der Waals surface area contributed by atoms with Crippen molar-refractivity contribution in [2.24, 2.45) is 0 Å². The Hall–Kier alpha value is -1.45. The van der Waals surface area contributed by atoms with Crippen LogP contribution in [0.3, 0.4) is 0 Å². The van der Waals surface area contributed by atoms with Crippen molar-refractivity contribution in [2.45, 2.75) is 64.3 Å². The van der Waals surface area contributed by atoms with Crippen molar-refractivity contribution in [3.05, 3.63) is 17.5 Å². The standard InChI is InChI=1S/C18H29F3N2O4/c1-16(2,22-8-6-7-18(19,20)21)15(24)12-13-11-14(23-27-13)17(3,4)26-10-9-25-5/h11,22H,6-10,12H2,1-5H3. The number of nitrogens with zero attached hydrogens (tertiary/aromatic N) is 1. The fourth-order valence-corrected chi connectivity index (χ4v) is 2.30. The highest BCUT2D eigenvalue weighted by Crippen LogP contribution is 2.25. The molecule has 1 rings (SSSR count). The molecule has 0 atom stereocenters. The number of rotatable bonds is 12. The van der Waals surface area contributed by atoms with Crippen LogP contribution in [-0.2, 0) is 26.3 Å². The Morgan fingerprint density at radius 3 is 2.48 bits per heavy atom. The Labute approximate surface area is 157 Å². The minimum atomic E-state index is -4.19. The zero-order valence-electron chi connectivity index (χ0n) is 16.5. The molecule has 0 radical (unpaired) electrons. The predicted octanol–water partition coefficient (Wildman–Crippen LogP) is 3.40. The topological polar surface area (TPSA) is 73.6 Å². The second-order valence-electron chi connectivity index (χ2n) is 7.40. The van der Waals surface area contributed by atoms with E-state index in [9.17, 15) is 18.0 Å². The van der Waals surface area contributed by atoms with Gasteiger partial charge in [-0.1, -0.05) is 5.16 Å². The van der Waals surface area contributed by atoms with Gasteiger partial charge in [-0.05, 0) is 40.7 Å². The molecular weight excluding hydrogens is 365 g/mol. The van der Waals surface area contributed by atoms with E-state index in [0.717, 1.165) is 0 Å². The number of aromatic nitrogens is 1. The third-order valence-corrected chi connectivity index (χ3v) is 4.16. The molecule has 6 nitrogen and oxygen atoms in total. The third-order valence-electron chi connectivity index (χ3n) is 4.16. The van der Waals surface area contributed by atoms with Gasteiger partial charge in [0, 0.05) is 19.6 Å².